The maximum atomic E-state index is 11.1. The van der Waals surface area contributed by atoms with E-state index in [0.29, 0.717) is 6.42 Å². The number of carbonyl (C=O) groups excluding carboxylic acids is 1. The van der Waals surface area contributed by atoms with E-state index >= 15 is 0 Å². The number of carbonyl (C=O) groups is 1. The molecule has 0 heterocycles. The Kier molecular flexibility index (Phi) is 3.99. The maximum absolute atomic E-state index is 11.1. The van der Waals surface area contributed by atoms with Crippen LogP contribution in [0.4, 0.5) is 0 Å². The molecule has 0 spiro atoms. The molecule has 2 nitrogen and oxygen atoms in total. The van der Waals surface area contributed by atoms with Crippen LogP contribution in [0.3, 0.4) is 0 Å². The minimum absolute atomic E-state index is 0.0236. The van der Waals surface area contributed by atoms with Crippen molar-refractivity contribution in [3.8, 4) is 12.3 Å². The van der Waals surface area contributed by atoms with Gasteiger partial charge in [-0.05, 0) is 5.41 Å². The van der Waals surface area contributed by atoms with E-state index in [4.69, 9.17) is 12.2 Å². The van der Waals surface area contributed by atoms with E-state index in [1.165, 1.54) is 0 Å². The molecule has 68 valence electrons. The lowest BCUT2D eigenvalue weighted by Crippen LogP contribution is -2.36. The molecule has 0 bridgehead atoms. The average molecular weight is 167 g/mol. The van der Waals surface area contributed by atoms with E-state index in [-0.39, 0.29) is 23.7 Å². The highest BCUT2D eigenvalue weighted by molar-refractivity contribution is 5.81. The normalized spacial score (nSPS) is 13.6. The first-order valence-electron chi connectivity index (χ1n) is 4.08. The van der Waals surface area contributed by atoms with Crippen molar-refractivity contribution in [2.24, 2.45) is 11.1 Å². The first kappa shape index (κ1) is 11.2. The monoisotopic (exact) mass is 167 g/mol. The molecular formula is C10H17NO. The topological polar surface area (TPSA) is 43.1 Å². The minimum Gasteiger partial charge on any atom is -0.327 e. The summed E-state index contributed by atoms with van der Waals surface area (Å²) in [6.07, 6.45) is 5.58. The summed E-state index contributed by atoms with van der Waals surface area (Å²) in [6.45, 7) is 6.04. The van der Waals surface area contributed by atoms with Gasteiger partial charge in [-0.25, -0.2) is 0 Å². The van der Waals surface area contributed by atoms with Gasteiger partial charge in [0.25, 0.3) is 0 Å². The SMILES string of the molecule is C#CCC(=O)CC(N)C(C)(C)C. The van der Waals surface area contributed by atoms with Crippen molar-refractivity contribution in [3.05, 3.63) is 0 Å². The van der Waals surface area contributed by atoms with E-state index in [0.717, 1.165) is 0 Å². The van der Waals surface area contributed by atoms with Crippen LogP contribution in [0.15, 0.2) is 0 Å². The van der Waals surface area contributed by atoms with Crippen LogP contribution < -0.4 is 5.73 Å². The quantitative estimate of drug-likeness (QED) is 0.645. The third-order valence-electron chi connectivity index (χ3n) is 1.86. The third kappa shape index (κ3) is 4.15. The predicted octanol–water partition coefficient (Wildman–Crippen LogP) is 1.34. The average Bonchev–Trinajstić information content (AvgIpc) is 1.85. The van der Waals surface area contributed by atoms with Crippen molar-refractivity contribution < 1.29 is 4.79 Å². The first-order chi connectivity index (χ1) is 5.38. The van der Waals surface area contributed by atoms with Crippen LogP contribution in [0.25, 0.3) is 0 Å². The van der Waals surface area contributed by atoms with Gasteiger partial charge in [-0.15, -0.1) is 6.42 Å². The van der Waals surface area contributed by atoms with Crippen molar-refractivity contribution in [1.29, 1.82) is 0 Å². The zero-order chi connectivity index (χ0) is 9.78. The number of nitrogens with two attached hydrogens (primary N) is 1. The summed E-state index contributed by atoms with van der Waals surface area (Å²) < 4.78 is 0. The Labute approximate surface area is 74.5 Å². The van der Waals surface area contributed by atoms with Crippen LogP contribution >= 0.6 is 0 Å². The van der Waals surface area contributed by atoms with E-state index in [1.54, 1.807) is 0 Å². The van der Waals surface area contributed by atoms with Gasteiger partial charge in [-0.1, -0.05) is 26.7 Å². The molecule has 0 aliphatic rings. The Balaban J connectivity index is 3.95. The van der Waals surface area contributed by atoms with E-state index in [1.807, 2.05) is 20.8 Å². The zero-order valence-electron chi connectivity index (χ0n) is 8.05. The smallest absolute Gasteiger partial charge is 0.146 e. The molecule has 12 heavy (non-hydrogen) atoms. The second-order valence-electron chi connectivity index (χ2n) is 4.10. The van der Waals surface area contributed by atoms with Crippen molar-refractivity contribution in [1.82, 2.24) is 0 Å². The molecule has 2 N–H and O–H groups in total. The molecule has 0 fully saturated rings. The highest BCUT2D eigenvalue weighted by Gasteiger charge is 2.22. The van der Waals surface area contributed by atoms with Gasteiger partial charge < -0.3 is 5.73 Å². The molecule has 0 aliphatic heterocycles. The predicted molar refractivity (Wildman–Crippen MR) is 50.5 cm³/mol. The summed E-state index contributed by atoms with van der Waals surface area (Å²) in [5, 5.41) is 0. The van der Waals surface area contributed by atoms with Gasteiger partial charge in [0, 0.05) is 12.5 Å². The number of terminal acetylenes is 1. The van der Waals surface area contributed by atoms with Crippen LogP contribution in [0.5, 0.6) is 0 Å². The van der Waals surface area contributed by atoms with Crippen LogP contribution in [0, 0.1) is 17.8 Å². The summed E-state index contributed by atoms with van der Waals surface area (Å²) in [6, 6.07) is -0.0988. The van der Waals surface area contributed by atoms with E-state index in [2.05, 4.69) is 5.92 Å². The minimum atomic E-state index is -0.0988. The molecule has 1 atom stereocenters. The summed E-state index contributed by atoms with van der Waals surface area (Å²) >= 11 is 0. The van der Waals surface area contributed by atoms with E-state index in [9.17, 15) is 4.79 Å². The van der Waals surface area contributed by atoms with Crippen LogP contribution in [0.1, 0.15) is 33.6 Å². The number of ketones is 1. The van der Waals surface area contributed by atoms with Crippen molar-refractivity contribution in [2.45, 2.75) is 39.7 Å². The molecule has 0 saturated carbocycles. The highest BCUT2D eigenvalue weighted by atomic mass is 16.1. The Hall–Kier alpha value is -0.810. The zero-order valence-corrected chi connectivity index (χ0v) is 8.05. The third-order valence-corrected chi connectivity index (χ3v) is 1.86. The molecule has 0 aromatic carbocycles. The van der Waals surface area contributed by atoms with Crippen LogP contribution in [0.2, 0.25) is 0 Å². The van der Waals surface area contributed by atoms with Crippen LogP contribution in [-0.4, -0.2) is 11.8 Å². The summed E-state index contributed by atoms with van der Waals surface area (Å²) in [7, 11) is 0. The molecular weight excluding hydrogens is 150 g/mol. The molecule has 0 aliphatic carbocycles. The number of hydrogen-bond donors (Lipinski definition) is 1. The first-order valence-corrected chi connectivity index (χ1v) is 4.08. The van der Waals surface area contributed by atoms with Crippen LogP contribution in [-0.2, 0) is 4.79 Å². The summed E-state index contributed by atoms with van der Waals surface area (Å²) in [5.41, 5.74) is 5.77. The van der Waals surface area contributed by atoms with E-state index < -0.39 is 0 Å². The van der Waals surface area contributed by atoms with Gasteiger partial charge in [0.05, 0.1) is 6.42 Å². The molecule has 0 rings (SSSR count). The molecule has 2 heteroatoms. The number of hydrogen-bond acceptors (Lipinski definition) is 2. The van der Waals surface area contributed by atoms with Gasteiger partial charge >= 0.3 is 0 Å². The Morgan fingerprint density at radius 2 is 2.08 bits per heavy atom. The molecule has 0 amide bonds. The second kappa shape index (κ2) is 4.27. The number of Topliss-reactive ketones (excluding diaryl/α,β-unsaturated/α-hetero) is 1. The van der Waals surface area contributed by atoms with Gasteiger partial charge in [0.15, 0.2) is 0 Å². The Morgan fingerprint density at radius 3 is 2.42 bits per heavy atom. The number of rotatable bonds is 3. The van der Waals surface area contributed by atoms with Crippen molar-refractivity contribution >= 4 is 5.78 Å². The Morgan fingerprint density at radius 1 is 1.58 bits per heavy atom. The second-order valence-corrected chi connectivity index (χ2v) is 4.10. The summed E-state index contributed by atoms with van der Waals surface area (Å²) in [4.78, 5) is 11.1. The van der Waals surface area contributed by atoms with Gasteiger partial charge in [0.2, 0.25) is 0 Å². The highest BCUT2D eigenvalue weighted by Crippen LogP contribution is 2.19. The van der Waals surface area contributed by atoms with Gasteiger partial charge in [-0.3, -0.25) is 4.79 Å². The molecule has 1 unspecified atom stereocenters. The van der Waals surface area contributed by atoms with Gasteiger partial charge in [-0.2, -0.15) is 0 Å². The maximum Gasteiger partial charge on any atom is 0.146 e. The fourth-order valence-electron chi connectivity index (χ4n) is 0.737. The lowest BCUT2D eigenvalue weighted by atomic mass is 9.84. The molecule has 0 radical (unpaired) electrons. The van der Waals surface area contributed by atoms with Crippen molar-refractivity contribution in [3.63, 3.8) is 0 Å². The largest absolute Gasteiger partial charge is 0.327 e. The van der Waals surface area contributed by atoms with Gasteiger partial charge in [0.1, 0.15) is 5.78 Å². The fourth-order valence-corrected chi connectivity index (χ4v) is 0.737. The Bertz CT molecular complexity index is 195. The molecule has 0 aromatic heterocycles. The summed E-state index contributed by atoms with van der Waals surface area (Å²) in [5.74, 6) is 2.37. The standard InChI is InChI=1S/C10H17NO/c1-5-6-8(12)7-9(11)10(2,3)4/h1,9H,6-7,11H2,2-4H3. The van der Waals surface area contributed by atoms with Crippen molar-refractivity contribution in [2.75, 3.05) is 0 Å². The molecule has 0 aromatic rings. The fraction of sp³-hybridized carbons (Fsp3) is 0.700. The molecule has 0 saturated heterocycles. The lowest BCUT2D eigenvalue weighted by molar-refractivity contribution is -0.118. The lowest BCUT2D eigenvalue weighted by Gasteiger charge is -2.26.